The first-order chi connectivity index (χ1) is 10.6. The highest BCUT2D eigenvalue weighted by atomic mass is 35.5. The summed E-state index contributed by atoms with van der Waals surface area (Å²) in [5.74, 6) is 0.111. The maximum absolute atomic E-state index is 12.3. The van der Waals surface area contributed by atoms with Gasteiger partial charge >= 0.3 is 0 Å². The summed E-state index contributed by atoms with van der Waals surface area (Å²) in [5, 5.41) is 3.23. The summed E-state index contributed by atoms with van der Waals surface area (Å²) in [5.41, 5.74) is 0.759. The molecule has 7 heteroatoms. The van der Waals surface area contributed by atoms with Gasteiger partial charge in [-0.1, -0.05) is 23.2 Å². The fourth-order valence-electron chi connectivity index (χ4n) is 1.99. The van der Waals surface area contributed by atoms with Crippen LogP contribution in [0, 0.1) is 0 Å². The van der Waals surface area contributed by atoms with Crippen molar-refractivity contribution in [1.29, 1.82) is 0 Å². The van der Waals surface area contributed by atoms with Crippen LogP contribution in [0.1, 0.15) is 29.6 Å². The molecule has 1 fully saturated rings. The molecule has 0 aromatic carbocycles. The number of carbonyl (C=O) groups is 1. The maximum Gasteiger partial charge on any atom is 0.255 e. The Morgan fingerprint density at radius 3 is 2.64 bits per heavy atom. The molecule has 1 saturated carbocycles. The first-order valence-electron chi connectivity index (χ1n) is 6.86. The van der Waals surface area contributed by atoms with Crippen molar-refractivity contribution in [2.75, 3.05) is 5.32 Å². The molecular weight excluding hydrogens is 325 g/mol. The summed E-state index contributed by atoms with van der Waals surface area (Å²) >= 11 is 12.0. The molecule has 2 aromatic heterocycles. The zero-order valence-corrected chi connectivity index (χ0v) is 13.1. The number of hydrogen-bond donors (Lipinski definition) is 1. The van der Waals surface area contributed by atoms with Crippen molar-refractivity contribution >= 4 is 34.8 Å². The summed E-state index contributed by atoms with van der Waals surface area (Å²) in [6.45, 7) is 0. The van der Waals surface area contributed by atoms with Gasteiger partial charge in [0.15, 0.2) is 0 Å². The highest BCUT2D eigenvalue weighted by Gasteiger charge is 2.20. The van der Waals surface area contributed by atoms with Crippen molar-refractivity contribution < 1.29 is 9.53 Å². The Bertz CT molecular complexity index is 685. The lowest BCUT2D eigenvalue weighted by Gasteiger charge is -2.25. The van der Waals surface area contributed by atoms with Crippen molar-refractivity contribution in [1.82, 2.24) is 9.97 Å². The van der Waals surface area contributed by atoms with Gasteiger partial charge in [-0.15, -0.1) is 0 Å². The van der Waals surface area contributed by atoms with Crippen molar-refractivity contribution in [3.63, 3.8) is 0 Å². The molecule has 1 aliphatic carbocycles. The van der Waals surface area contributed by atoms with E-state index >= 15 is 0 Å². The lowest BCUT2D eigenvalue weighted by Crippen LogP contribution is -2.25. The van der Waals surface area contributed by atoms with Gasteiger partial charge in [-0.05, 0) is 25.3 Å². The third-order valence-electron chi connectivity index (χ3n) is 3.43. The van der Waals surface area contributed by atoms with E-state index in [4.69, 9.17) is 27.9 Å². The molecule has 0 atom stereocenters. The smallest absolute Gasteiger partial charge is 0.255 e. The van der Waals surface area contributed by atoms with Gasteiger partial charge < -0.3 is 10.1 Å². The van der Waals surface area contributed by atoms with Gasteiger partial charge in [0.1, 0.15) is 6.10 Å². The molecule has 0 spiro atoms. The predicted octanol–water partition coefficient (Wildman–Crippen LogP) is 3.97. The normalized spacial score (nSPS) is 14.3. The molecule has 0 saturated heterocycles. The van der Waals surface area contributed by atoms with Crippen LogP contribution < -0.4 is 10.1 Å². The Hall–Kier alpha value is -1.85. The van der Waals surface area contributed by atoms with Gasteiger partial charge in [-0.3, -0.25) is 9.78 Å². The van der Waals surface area contributed by atoms with E-state index in [1.807, 2.05) is 0 Å². The van der Waals surface area contributed by atoms with Gasteiger partial charge in [0.05, 0.1) is 15.7 Å². The Morgan fingerprint density at radius 2 is 2.00 bits per heavy atom. The van der Waals surface area contributed by atoms with E-state index in [1.54, 1.807) is 18.3 Å². The van der Waals surface area contributed by atoms with E-state index in [1.165, 1.54) is 18.8 Å². The van der Waals surface area contributed by atoms with E-state index < -0.39 is 0 Å². The summed E-state index contributed by atoms with van der Waals surface area (Å²) in [4.78, 5) is 20.3. The summed E-state index contributed by atoms with van der Waals surface area (Å²) < 4.78 is 5.69. The fourth-order valence-corrected chi connectivity index (χ4v) is 2.45. The largest absolute Gasteiger partial charge is 0.474 e. The van der Waals surface area contributed by atoms with Crippen LogP contribution in [0.2, 0.25) is 10.0 Å². The number of aromatic nitrogens is 2. The van der Waals surface area contributed by atoms with Crippen LogP contribution in [0.15, 0.2) is 30.7 Å². The minimum Gasteiger partial charge on any atom is -0.474 e. The highest BCUT2D eigenvalue weighted by Crippen LogP contribution is 2.29. The monoisotopic (exact) mass is 337 g/mol. The Morgan fingerprint density at radius 1 is 1.27 bits per heavy atom. The zero-order chi connectivity index (χ0) is 15.5. The Balaban J connectivity index is 1.75. The summed E-state index contributed by atoms with van der Waals surface area (Å²) in [6.07, 6.45) is 7.81. The molecule has 22 heavy (non-hydrogen) atoms. The van der Waals surface area contributed by atoms with E-state index in [0.29, 0.717) is 17.1 Å². The number of nitrogens with one attached hydrogen (secondary N) is 1. The van der Waals surface area contributed by atoms with Crippen LogP contribution in [-0.4, -0.2) is 22.0 Å². The summed E-state index contributed by atoms with van der Waals surface area (Å²) in [6, 6.07) is 3.21. The molecule has 0 unspecified atom stereocenters. The van der Waals surface area contributed by atoms with Crippen LogP contribution in [-0.2, 0) is 0 Å². The van der Waals surface area contributed by atoms with Crippen LogP contribution >= 0.6 is 23.2 Å². The number of halogens is 2. The lowest BCUT2D eigenvalue weighted by atomic mass is 9.96. The van der Waals surface area contributed by atoms with E-state index in [2.05, 4.69) is 15.3 Å². The molecule has 1 N–H and O–H groups in total. The summed E-state index contributed by atoms with van der Waals surface area (Å²) in [7, 11) is 0. The second kappa shape index (κ2) is 6.50. The molecule has 0 aliphatic heterocycles. The molecule has 2 aromatic rings. The van der Waals surface area contributed by atoms with Crippen molar-refractivity contribution in [3.8, 4) is 5.88 Å². The lowest BCUT2D eigenvalue weighted by molar-refractivity contribution is 0.101. The molecule has 2 heterocycles. The van der Waals surface area contributed by atoms with Crippen LogP contribution in [0.4, 0.5) is 5.69 Å². The van der Waals surface area contributed by atoms with Crippen molar-refractivity contribution in [3.05, 3.63) is 46.3 Å². The Labute approximate surface area is 137 Å². The van der Waals surface area contributed by atoms with Gasteiger partial charge in [0.25, 0.3) is 5.91 Å². The van der Waals surface area contributed by atoms with E-state index in [0.717, 1.165) is 12.8 Å². The standard InChI is InChI=1S/C15H13Cl2N3O2/c16-11-7-18-8-12(17)14(11)20-15(21)9-4-5-19-13(6-9)22-10-2-1-3-10/h4-8,10H,1-3H2,(H,18,20,21). The van der Waals surface area contributed by atoms with E-state index in [9.17, 15) is 4.79 Å². The molecule has 114 valence electrons. The zero-order valence-electron chi connectivity index (χ0n) is 11.6. The molecule has 3 rings (SSSR count). The Kier molecular flexibility index (Phi) is 4.45. The second-order valence-corrected chi connectivity index (χ2v) is 5.80. The number of pyridine rings is 2. The van der Waals surface area contributed by atoms with Crippen LogP contribution in [0.3, 0.4) is 0 Å². The number of amides is 1. The minimum absolute atomic E-state index is 0.204. The number of anilines is 1. The number of hydrogen-bond acceptors (Lipinski definition) is 4. The number of carbonyl (C=O) groups excluding carboxylic acids is 1. The predicted molar refractivity (Wildman–Crippen MR) is 84.7 cm³/mol. The van der Waals surface area contributed by atoms with Gasteiger partial charge in [0.2, 0.25) is 5.88 Å². The molecule has 5 nitrogen and oxygen atoms in total. The van der Waals surface area contributed by atoms with Gasteiger partial charge in [0, 0.05) is 30.2 Å². The quantitative estimate of drug-likeness (QED) is 0.916. The van der Waals surface area contributed by atoms with Crippen molar-refractivity contribution in [2.45, 2.75) is 25.4 Å². The van der Waals surface area contributed by atoms with Crippen molar-refractivity contribution in [2.24, 2.45) is 0 Å². The maximum atomic E-state index is 12.3. The van der Waals surface area contributed by atoms with Gasteiger partial charge in [-0.25, -0.2) is 4.98 Å². The SMILES string of the molecule is O=C(Nc1c(Cl)cncc1Cl)c1ccnc(OC2CCC2)c1. The second-order valence-electron chi connectivity index (χ2n) is 4.99. The molecule has 1 aliphatic rings. The fraction of sp³-hybridized carbons (Fsp3) is 0.267. The molecule has 0 bridgehead atoms. The van der Waals surface area contributed by atoms with Crippen LogP contribution in [0.25, 0.3) is 0 Å². The average molecular weight is 338 g/mol. The van der Waals surface area contributed by atoms with Gasteiger partial charge in [-0.2, -0.15) is 0 Å². The van der Waals surface area contributed by atoms with E-state index in [-0.39, 0.29) is 22.1 Å². The number of rotatable bonds is 4. The topological polar surface area (TPSA) is 64.1 Å². The number of nitrogens with zero attached hydrogens (tertiary/aromatic N) is 2. The highest BCUT2D eigenvalue weighted by molar-refractivity contribution is 6.39. The average Bonchev–Trinajstić information content (AvgIpc) is 2.47. The molecular formula is C15H13Cl2N3O2. The van der Waals surface area contributed by atoms with Crippen LogP contribution in [0.5, 0.6) is 5.88 Å². The molecule has 1 amide bonds. The first-order valence-corrected chi connectivity index (χ1v) is 7.62. The first kappa shape index (κ1) is 15.1. The molecule has 0 radical (unpaired) electrons. The third-order valence-corrected chi connectivity index (χ3v) is 4.00. The third kappa shape index (κ3) is 3.31. The minimum atomic E-state index is -0.337. The number of ether oxygens (including phenoxy) is 1.